The zero-order valence-electron chi connectivity index (χ0n) is 19.0. The summed E-state index contributed by atoms with van der Waals surface area (Å²) < 4.78 is 22.5. The number of benzene rings is 3. The molecule has 1 N–H and O–H groups in total. The second kappa shape index (κ2) is 11.7. The lowest BCUT2D eigenvalue weighted by Gasteiger charge is -2.23. The Morgan fingerprint density at radius 3 is 1.64 bits per heavy atom. The van der Waals surface area contributed by atoms with Crippen LogP contribution in [0.5, 0.6) is 0 Å². The summed E-state index contributed by atoms with van der Waals surface area (Å²) in [6.45, 7) is -0.316. The minimum absolute atomic E-state index is 0.266. The lowest BCUT2D eigenvalue weighted by atomic mass is 10.1. The highest BCUT2D eigenvalue weighted by Crippen LogP contribution is 2.30. The van der Waals surface area contributed by atoms with Gasteiger partial charge in [0.05, 0.1) is 22.7 Å². The van der Waals surface area contributed by atoms with E-state index >= 15 is 0 Å². The molecule has 1 aliphatic rings. The summed E-state index contributed by atoms with van der Waals surface area (Å²) in [6, 6.07) is 26.7. The van der Waals surface area contributed by atoms with Crippen LogP contribution in [0.1, 0.15) is 31.1 Å². The molecule has 0 aromatic heterocycles. The third-order valence-electron chi connectivity index (χ3n) is 5.37. The van der Waals surface area contributed by atoms with Crippen LogP contribution in [0.3, 0.4) is 0 Å². The van der Waals surface area contributed by atoms with E-state index in [2.05, 4.69) is 4.99 Å². The summed E-state index contributed by atoms with van der Waals surface area (Å²) in [4.78, 5) is 41.9. The maximum Gasteiger partial charge on any atom is 0.338 e. The number of carbonyl (C=O) groups excluding carboxylic acids is 3. The Hall–Kier alpha value is -4.59. The van der Waals surface area contributed by atoms with Crippen LogP contribution >= 0.6 is 0 Å². The van der Waals surface area contributed by atoms with Crippen molar-refractivity contribution in [3.8, 4) is 0 Å². The fraction of sp³-hybridized carbons (Fsp3) is 0.185. The minimum Gasteiger partial charge on any atom is -0.459 e. The molecule has 3 aromatic carbocycles. The van der Waals surface area contributed by atoms with Crippen molar-refractivity contribution in [1.82, 2.24) is 0 Å². The molecule has 0 bridgehead atoms. The molecule has 1 aliphatic heterocycles. The molecule has 1 saturated heterocycles. The van der Waals surface area contributed by atoms with Crippen molar-refractivity contribution in [2.75, 3.05) is 6.61 Å². The molecule has 36 heavy (non-hydrogen) atoms. The van der Waals surface area contributed by atoms with Gasteiger partial charge in [-0.3, -0.25) is 0 Å². The molecule has 0 amide bonds. The van der Waals surface area contributed by atoms with E-state index in [9.17, 15) is 14.4 Å². The molecule has 182 valence electrons. The van der Waals surface area contributed by atoms with Gasteiger partial charge < -0.3 is 18.9 Å². The molecular weight excluding hydrogens is 464 g/mol. The SMILES string of the molecule is N=C=NC1OC(COC(=O)c2ccccc2)C(OC(=O)c2ccccc2)C1OC(=O)c1ccccc1. The number of hydrogen-bond donors (Lipinski definition) is 1. The standard InChI is InChI=1S/C27H22N2O7/c28-17-29-24-23(36-27(32)20-14-8-3-9-15-20)22(35-26(31)19-12-6-2-7-13-19)21(34-24)16-33-25(30)18-10-4-1-5-11-18/h1-15,21-24,28H,16H2. The Kier molecular flexibility index (Phi) is 7.97. The lowest BCUT2D eigenvalue weighted by Crippen LogP contribution is -2.41. The van der Waals surface area contributed by atoms with Crippen molar-refractivity contribution in [2.45, 2.75) is 24.5 Å². The monoisotopic (exact) mass is 486 g/mol. The summed E-state index contributed by atoms with van der Waals surface area (Å²) in [6.07, 6.45) is -4.63. The van der Waals surface area contributed by atoms with Gasteiger partial charge in [0, 0.05) is 0 Å². The summed E-state index contributed by atoms with van der Waals surface area (Å²) in [5.74, 6) is -2.00. The molecule has 4 unspecified atom stereocenters. The van der Waals surface area contributed by atoms with Crippen molar-refractivity contribution in [2.24, 2.45) is 4.99 Å². The number of rotatable bonds is 8. The topological polar surface area (TPSA) is 124 Å². The Balaban J connectivity index is 1.58. The Bertz CT molecular complexity index is 1240. The number of hydrogen-bond acceptors (Lipinski definition) is 9. The van der Waals surface area contributed by atoms with Crippen molar-refractivity contribution >= 4 is 23.9 Å². The van der Waals surface area contributed by atoms with Crippen molar-refractivity contribution < 1.29 is 33.3 Å². The van der Waals surface area contributed by atoms with Gasteiger partial charge in [-0.15, -0.1) is 0 Å². The van der Waals surface area contributed by atoms with Gasteiger partial charge in [0.2, 0.25) is 0 Å². The van der Waals surface area contributed by atoms with E-state index in [1.165, 1.54) is 0 Å². The zero-order valence-corrected chi connectivity index (χ0v) is 19.0. The van der Waals surface area contributed by atoms with Gasteiger partial charge in [0.1, 0.15) is 12.7 Å². The van der Waals surface area contributed by atoms with Crippen molar-refractivity contribution in [1.29, 1.82) is 5.41 Å². The average molecular weight is 486 g/mol. The molecular formula is C27H22N2O7. The second-order valence-electron chi connectivity index (χ2n) is 7.74. The molecule has 0 aliphatic carbocycles. The zero-order chi connectivity index (χ0) is 25.3. The predicted molar refractivity (Wildman–Crippen MR) is 127 cm³/mol. The van der Waals surface area contributed by atoms with E-state index in [-0.39, 0.29) is 17.7 Å². The molecule has 3 aromatic rings. The summed E-state index contributed by atoms with van der Waals surface area (Å²) in [7, 11) is 0. The van der Waals surface area contributed by atoms with E-state index in [0.29, 0.717) is 5.56 Å². The normalized spacial score (nSPS) is 20.6. The average Bonchev–Trinajstić information content (AvgIpc) is 3.24. The Morgan fingerprint density at radius 1 is 0.722 bits per heavy atom. The van der Waals surface area contributed by atoms with Gasteiger partial charge in [0.15, 0.2) is 18.4 Å². The van der Waals surface area contributed by atoms with Gasteiger partial charge in [-0.05, 0) is 36.4 Å². The van der Waals surface area contributed by atoms with Gasteiger partial charge in [-0.2, -0.15) is 4.99 Å². The first-order valence-electron chi connectivity index (χ1n) is 11.1. The van der Waals surface area contributed by atoms with Gasteiger partial charge in [-0.25, -0.2) is 19.8 Å². The smallest absolute Gasteiger partial charge is 0.338 e. The fourth-order valence-corrected chi connectivity index (χ4v) is 3.62. The summed E-state index contributed by atoms with van der Waals surface area (Å²) in [5.41, 5.74) is 0.862. The molecule has 4 rings (SSSR count). The van der Waals surface area contributed by atoms with E-state index in [1.807, 2.05) is 6.01 Å². The van der Waals surface area contributed by atoms with Crippen molar-refractivity contribution in [3.63, 3.8) is 0 Å². The number of carbonyl (C=O) groups is 3. The van der Waals surface area contributed by atoms with Gasteiger partial charge >= 0.3 is 17.9 Å². The second-order valence-corrected chi connectivity index (χ2v) is 7.74. The molecule has 0 radical (unpaired) electrons. The van der Waals surface area contributed by atoms with E-state index < -0.39 is 42.4 Å². The molecule has 4 atom stereocenters. The maximum absolute atomic E-state index is 12.9. The Morgan fingerprint density at radius 2 is 1.17 bits per heavy atom. The highest BCUT2D eigenvalue weighted by atomic mass is 16.7. The summed E-state index contributed by atoms with van der Waals surface area (Å²) >= 11 is 0. The molecule has 0 spiro atoms. The van der Waals surface area contributed by atoms with E-state index in [0.717, 1.165) is 0 Å². The van der Waals surface area contributed by atoms with E-state index in [1.54, 1.807) is 91.0 Å². The number of aliphatic imine (C=N–C) groups is 1. The Labute approximate surface area is 206 Å². The third-order valence-corrected chi connectivity index (χ3v) is 5.37. The van der Waals surface area contributed by atoms with Crippen LogP contribution in [-0.2, 0) is 18.9 Å². The van der Waals surface area contributed by atoms with Gasteiger partial charge in [0.25, 0.3) is 0 Å². The van der Waals surface area contributed by atoms with Crippen LogP contribution in [0, 0.1) is 5.41 Å². The number of nitrogens with zero attached hydrogens (tertiary/aromatic N) is 1. The van der Waals surface area contributed by atoms with Crippen LogP contribution in [0.25, 0.3) is 0 Å². The van der Waals surface area contributed by atoms with Crippen LogP contribution in [-0.4, -0.2) is 55.1 Å². The first-order valence-corrected chi connectivity index (χ1v) is 11.1. The third kappa shape index (κ3) is 5.90. The highest BCUT2D eigenvalue weighted by molar-refractivity contribution is 5.91. The van der Waals surface area contributed by atoms with Crippen LogP contribution < -0.4 is 0 Å². The molecule has 9 heteroatoms. The maximum atomic E-state index is 12.9. The van der Waals surface area contributed by atoms with E-state index in [4.69, 9.17) is 24.4 Å². The van der Waals surface area contributed by atoms with Crippen molar-refractivity contribution in [3.05, 3.63) is 108 Å². The van der Waals surface area contributed by atoms with Crippen LogP contribution in [0.4, 0.5) is 0 Å². The number of esters is 3. The predicted octanol–water partition coefficient (Wildman–Crippen LogP) is 3.77. The first kappa shape index (κ1) is 24.5. The molecule has 1 fully saturated rings. The largest absolute Gasteiger partial charge is 0.459 e. The number of nitrogens with one attached hydrogen (secondary N) is 1. The molecule has 1 heterocycles. The minimum atomic E-state index is -1.22. The number of ether oxygens (including phenoxy) is 4. The highest BCUT2D eigenvalue weighted by Gasteiger charge is 2.50. The van der Waals surface area contributed by atoms with Crippen LogP contribution in [0.2, 0.25) is 0 Å². The lowest BCUT2D eigenvalue weighted by molar-refractivity contribution is -0.0445. The molecule has 0 saturated carbocycles. The first-order chi connectivity index (χ1) is 17.6. The summed E-state index contributed by atoms with van der Waals surface area (Å²) in [5, 5.41) is 7.26. The molecule has 9 nitrogen and oxygen atoms in total. The quantitative estimate of drug-likeness (QED) is 0.292. The fourth-order valence-electron chi connectivity index (χ4n) is 3.62. The van der Waals surface area contributed by atoms with Gasteiger partial charge in [-0.1, -0.05) is 54.6 Å². The van der Waals surface area contributed by atoms with Crippen LogP contribution in [0.15, 0.2) is 96.0 Å².